The molecule has 132 valence electrons. The van der Waals surface area contributed by atoms with Gasteiger partial charge in [-0.25, -0.2) is 0 Å². The maximum atomic E-state index is 5.81. The van der Waals surface area contributed by atoms with Crippen molar-refractivity contribution in [2.24, 2.45) is 0 Å². The average Bonchev–Trinajstić information content (AvgIpc) is 3.42. The molecule has 4 rings (SSSR count). The largest absolute Gasteiger partial charge is 0.461 e. The molecule has 9 heteroatoms. The number of rotatable bonds is 7. The van der Waals surface area contributed by atoms with Crippen LogP contribution in [0.2, 0.25) is 0 Å². The summed E-state index contributed by atoms with van der Waals surface area (Å²) >= 11 is 3.06. The summed E-state index contributed by atoms with van der Waals surface area (Å²) in [6, 6.07) is 7.58. The van der Waals surface area contributed by atoms with Crippen molar-refractivity contribution in [1.82, 2.24) is 25.0 Å². The first kappa shape index (κ1) is 16.8. The minimum Gasteiger partial charge on any atom is -0.461 e. The average molecular weight is 385 g/mol. The van der Waals surface area contributed by atoms with Crippen LogP contribution in [0.1, 0.15) is 18.1 Å². The van der Waals surface area contributed by atoms with E-state index >= 15 is 0 Å². The first-order valence-electron chi connectivity index (χ1n) is 7.88. The van der Waals surface area contributed by atoms with Crippen LogP contribution in [0.3, 0.4) is 0 Å². The van der Waals surface area contributed by atoms with Crippen LogP contribution in [0.15, 0.2) is 62.6 Å². The lowest BCUT2D eigenvalue weighted by Crippen LogP contribution is -2.01. The van der Waals surface area contributed by atoms with E-state index in [2.05, 4.69) is 27.0 Å². The SMILES string of the molecule is C=CCn1c(SC(C)c2nnc(-c3cccs3)o2)nnc1-c1ccco1. The van der Waals surface area contributed by atoms with Crippen molar-refractivity contribution >= 4 is 23.1 Å². The summed E-state index contributed by atoms with van der Waals surface area (Å²) in [5.41, 5.74) is 0. The molecule has 7 nitrogen and oxygen atoms in total. The highest BCUT2D eigenvalue weighted by Gasteiger charge is 2.22. The van der Waals surface area contributed by atoms with Gasteiger partial charge in [0.1, 0.15) is 0 Å². The molecule has 0 aliphatic rings. The van der Waals surface area contributed by atoms with Crippen molar-refractivity contribution in [2.45, 2.75) is 23.9 Å². The molecule has 0 fully saturated rings. The number of nitrogens with zero attached hydrogens (tertiary/aromatic N) is 5. The highest BCUT2D eigenvalue weighted by atomic mass is 32.2. The Bertz CT molecular complexity index is 989. The number of aromatic nitrogens is 5. The quantitative estimate of drug-likeness (QED) is 0.337. The van der Waals surface area contributed by atoms with E-state index in [1.54, 1.807) is 23.7 Å². The third kappa shape index (κ3) is 3.23. The van der Waals surface area contributed by atoms with Crippen LogP contribution in [0, 0.1) is 0 Å². The van der Waals surface area contributed by atoms with E-state index < -0.39 is 0 Å². The molecule has 4 aromatic rings. The van der Waals surface area contributed by atoms with Gasteiger partial charge in [0.05, 0.1) is 16.4 Å². The molecule has 26 heavy (non-hydrogen) atoms. The van der Waals surface area contributed by atoms with Crippen molar-refractivity contribution in [1.29, 1.82) is 0 Å². The topological polar surface area (TPSA) is 82.8 Å². The molecule has 0 saturated carbocycles. The summed E-state index contributed by atoms with van der Waals surface area (Å²) in [5, 5.41) is 19.5. The molecule has 4 aromatic heterocycles. The Morgan fingerprint density at radius 1 is 1.27 bits per heavy atom. The predicted octanol–water partition coefficient (Wildman–Crippen LogP) is 4.69. The van der Waals surface area contributed by atoms with Crippen molar-refractivity contribution in [3.63, 3.8) is 0 Å². The van der Waals surface area contributed by atoms with E-state index in [9.17, 15) is 0 Å². The third-order valence-corrected chi connectivity index (χ3v) is 5.50. The van der Waals surface area contributed by atoms with Gasteiger partial charge in [0.25, 0.3) is 5.89 Å². The van der Waals surface area contributed by atoms with Gasteiger partial charge in [0.2, 0.25) is 11.7 Å². The van der Waals surface area contributed by atoms with E-state index in [4.69, 9.17) is 8.83 Å². The van der Waals surface area contributed by atoms with Gasteiger partial charge in [-0.3, -0.25) is 4.57 Å². The van der Waals surface area contributed by atoms with Gasteiger partial charge in [-0.15, -0.1) is 38.3 Å². The molecule has 0 spiro atoms. The highest BCUT2D eigenvalue weighted by Crippen LogP contribution is 2.36. The highest BCUT2D eigenvalue weighted by molar-refractivity contribution is 7.99. The Morgan fingerprint density at radius 2 is 2.19 bits per heavy atom. The summed E-state index contributed by atoms with van der Waals surface area (Å²) in [4.78, 5) is 0.955. The number of thioether (sulfide) groups is 1. The molecule has 1 unspecified atom stereocenters. The summed E-state index contributed by atoms with van der Waals surface area (Å²) in [6.45, 7) is 6.38. The fourth-order valence-corrected chi connectivity index (χ4v) is 3.90. The van der Waals surface area contributed by atoms with E-state index in [-0.39, 0.29) is 5.25 Å². The van der Waals surface area contributed by atoms with Crippen LogP contribution < -0.4 is 0 Å². The lowest BCUT2D eigenvalue weighted by molar-refractivity contribution is 0.509. The number of thiophene rings is 1. The van der Waals surface area contributed by atoms with Gasteiger partial charge >= 0.3 is 0 Å². The van der Waals surface area contributed by atoms with E-state index in [1.807, 2.05) is 41.1 Å². The number of furan rings is 1. The zero-order chi connectivity index (χ0) is 17.9. The summed E-state index contributed by atoms with van der Waals surface area (Å²) < 4.78 is 13.2. The van der Waals surface area contributed by atoms with Gasteiger partial charge in [0, 0.05) is 6.54 Å². The molecule has 0 aromatic carbocycles. The normalized spacial score (nSPS) is 12.3. The lowest BCUT2D eigenvalue weighted by Gasteiger charge is -2.08. The molecule has 0 bridgehead atoms. The third-order valence-electron chi connectivity index (χ3n) is 3.57. The van der Waals surface area contributed by atoms with E-state index in [0.29, 0.717) is 29.9 Å². The Labute approximate surface area is 157 Å². The Balaban J connectivity index is 1.58. The Morgan fingerprint density at radius 3 is 2.92 bits per heavy atom. The van der Waals surface area contributed by atoms with Crippen LogP contribution in [-0.2, 0) is 6.54 Å². The zero-order valence-electron chi connectivity index (χ0n) is 13.9. The fourth-order valence-electron chi connectivity index (χ4n) is 2.36. The summed E-state index contributed by atoms with van der Waals surface area (Å²) in [6.07, 6.45) is 3.41. The van der Waals surface area contributed by atoms with Crippen LogP contribution in [0.4, 0.5) is 0 Å². The van der Waals surface area contributed by atoms with Crippen LogP contribution >= 0.6 is 23.1 Å². The number of hydrogen-bond donors (Lipinski definition) is 0. The second-order valence-corrected chi connectivity index (χ2v) is 7.62. The van der Waals surface area contributed by atoms with Crippen LogP contribution in [0.25, 0.3) is 22.4 Å². The number of allylic oxidation sites excluding steroid dienone is 1. The summed E-state index contributed by atoms with van der Waals surface area (Å²) in [5.74, 6) is 2.41. The van der Waals surface area contributed by atoms with E-state index in [0.717, 1.165) is 10.0 Å². The van der Waals surface area contributed by atoms with Crippen LogP contribution in [0.5, 0.6) is 0 Å². The summed E-state index contributed by atoms with van der Waals surface area (Å²) in [7, 11) is 0. The van der Waals surface area contributed by atoms with Gasteiger partial charge in [-0.05, 0) is 30.5 Å². The van der Waals surface area contributed by atoms with Crippen molar-refractivity contribution in [2.75, 3.05) is 0 Å². The van der Waals surface area contributed by atoms with Crippen molar-refractivity contribution in [3.8, 4) is 22.4 Å². The molecule has 0 amide bonds. The standard InChI is InChI=1S/C17H15N5O2S2/c1-3-8-22-14(12-6-4-9-23-12)18-21-17(22)26-11(2)15-19-20-16(24-15)13-7-5-10-25-13/h3-7,9-11H,1,8H2,2H3. The minimum absolute atomic E-state index is 0.0755. The van der Waals surface area contributed by atoms with Crippen LogP contribution in [-0.4, -0.2) is 25.0 Å². The van der Waals surface area contributed by atoms with Gasteiger partial charge in [-0.2, -0.15) is 0 Å². The van der Waals surface area contributed by atoms with Gasteiger partial charge in [0.15, 0.2) is 10.9 Å². The monoisotopic (exact) mass is 385 g/mol. The Hall–Kier alpha value is -2.65. The maximum absolute atomic E-state index is 5.81. The molecule has 1 atom stereocenters. The predicted molar refractivity (Wildman–Crippen MR) is 99.8 cm³/mol. The zero-order valence-corrected chi connectivity index (χ0v) is 15.5. The molecule has 0 N–H and O–H groups in total. The number of hydrogen-bond acceptors (Lipinski definition) is 8. The smallest absolute Gasteiger partial charge is 0.257 e. The second kappa shape index (κ2) is 7.30. The van der Waals surface area contributed by atoms with E-state index in [1.165, 1.54) is 11.8 Å². The molecular weight excluding hydrogens is 370 g/mol. The molecule has 4 heterocycles. The lowest BCUT2D eigenvalue weighted by atomic mass is 10.4. The second-order valence-electron chi connectivity index (χ2n) is 5.37. The first-order valence-corrected chi connectivity index (χ1v) is 9.64. The molecule has 0 radical (unpaired) electrons. The first-order chi connectivity index (χ1) is 12.8. The molecule has 0 aliphatic carbocycles. The molecular formula is C17H15N5O2S2. The van der Waals surface area contributed by atoms with Gasteiger partial charge in [-0.1, -0.05) is 23.9 Å². The maximum Gasteiger partial charge on any atom is 0.257 e. The van der Waals surface area contributed by atoms with Gasteiger partial charge < -0.3 is 8.83 Å². The minimum atomic E-state index is -0.0755. The van der Waals surface area contributed by atoms with Crippen molar-refractivity contribution in [3.05, 3.63) is 54.5 Å². The van der Waals surface area contributed by atoms with Crippen molar-refractivity contribution < 1.29 is 8.83 Å². The Kier molecular flexibility index (Phi) is 4.72. The fraction of sp³-hybridized carbons (Fsp3) is 0.176. The molecule has 0 aliphatic heterocycles. The molecule has 0 saturated heterocycles.